The Kier molecular flexibility index (Phi) is 5.46. The van der Waals surface area contributed by atoms with Crippen molar-refractivity contribution in [3.05, 3.63) is 62.2 Å². The van der Waals surface area contributed by atoms with Gasteiger partial charge in [-0.1, -0.05) is 6.07 Å². The zero-order chi connectivity index (χ0) is 18.4. The predicted octanol–water partition coefficient (Wildman–Crippen LogP) is 2.97. The highest BCUT2D eigenvalue weighted by atomic mass is 16.6. The molecule has 0 saturated heterocycles. The number of hydrogen-bond donors (Lipinski definition) is 1. The van der Waals surface area contributed by atoms with Crippen LogP contribution in [0.4, 0.5) is 17.1 Å². The second-order valence-electron chi connectivity index (χ2n) is 4.67. The number of nitrogens with zero attached hydrogens (tertiary/aromatic N) is 3. The molecule has 0 aromatic heterocycles. The molecule has 0 amide bonds. The van der Waals surface area contributed by atoms with E-state index in [1.54, 1.807) is 18.2 Å². The number of rotatable bonds is 7. The van der Waals surface area contributed by atoms with Crippen LogP contribution in [-0.2, 0) is 0 Å². The molecular weight excluding hydrogens is 332 g/mol. The van der Waals surface area contributed by atoms with Crippen molar-refractivity contribution in [2.75, 3.05) is 19.6 Å². The lowest BCUT2D eigenvalue weighted by Crippen LogP contribution is -1.99. The predicted molar refractivity (Wildman–Crippen MR) is 90.5 cm³/mol. The number of nitro benzene ring substituents is 2. The van der Waals surface area contributed by atoms with Gasteiger partial charge < -0.3 is 9.47 Å². The zero-order valence-corrected chi connectivity index (χ0v) is 13.3. The smallest absolute Gasteiger partial charge is 0.301 e. The summed E-state index contributed by atoms with van der Waals surface area (Å²) in [5.74, 6) is 0.960. The van der Waals surface area contributed by atoms with Crippen molar-refractivity contribution in [2.45, 2.75) is 0 Å². The van der Waals surface area contributed by atoms with Crippen molar-refractivity contribution < 1.29 is 19.3 Å². The molecule has 1 N–H and O–H groups in total. The molecule has 0 atom stereocenters. The maximum Gasteiger partial charge on any atom is 0.301 e. The molecule has 0 spiro atoms. The molecule has 0 unspecified atom stereocenters. The number of nitrogens with one attached hydrogen (secondary N) is 1. The van der Waals surface area contributed by atoms with Crippen molar-refractivity contribution in [2.24, 2.45) is 5.10 Å². The molecule has 0 bridgehead atoms. The molecule has 2 rings (SSSR count). The van der Waals surface area contributed by atoms with Gasteiger partial charge in [-0.2, -0.15) is 5.10 Å². The standard InChI is InChI=1S/C15H14N4O6/c1-24-14-5-3-4-10(15(14)25-2)9-16-17-12-7-6-11(18(20)21)8-13(12)19(22)23/h3-9,17H,1-2H3/b16-9-. The fourth-order valence-corrected chi connectivity index (χ4v) is 2.06. The topological polar surface area (TPSA) is 129 Å². The van der Waals surface area contributed by atoms with Gasteiger partial charge in [0.1, 0.15) is 5.69 Å². The monoisotopic (exact) mass is 346 g/mol. The first-order valence-corrected chi connectivity index (χ1v) is 6.90. The number of hydrazone groups is 1. The van der Waals surface area contributed by atoms with Gasteiger partial charge in [-0.25, -0.2) is 0 Å². The molecule has 130 valence electrons. The Bertz CT molecular complexity index is 837. The molecule has 0 aliphatic heterocycles. The number of para-hydroxylation sites is 1. The molecule has 2 aromatic carbocycles. The van der Waals surface area contributed by atoms with E-state index >= 15 is 0 Å². The van der Waals surface area contributed by atoms with E-state index in [0.29, 0.717) is 17.1 Å². The minimum atomic E-state index is -0.725. The molecule has 0 aliphatic rings. The van der Waals surface area contributed by atoms with Gasteiger partial charge in [0, 0.05) is 11.6 Å². The van der Waals surface area contributed by atoms with Gasteiger partial charge in [0.05, 0.1) is 36.3 Å². The van der Waals surface area contributed by atoms with E-state index in [1.165, 1.54) is 26.5 Å². The Morgan fingerprint density at radius 2 is 1.84 bits per heavy atom. The Morgan fingerprint density at radius 3 is 2.44 bits per heavy atom. The van der Waals surface area contributed by atoms with Crippen molar-refractivity contribution >= 4 is 23.3 Å². The first kappa shape index (κ1) is 17.7. The fraction of sp³-hybridized carbons (Fsp3) is 0.133. The van der Waals surface area contributed by atoms with Crippen molar-refractivity contribution in [3.63, 3.8) is 0 Å². The van der Waals surface area contributed by atoms with Crippen LogP contribution in [0.15, 0.2) is 41.5 Å². The van der Waals surface area contributed by atoms with E-state index < -0.39 is 15.5 Å². The van der Waals surface area contributed by atoms with Gasteiger partial charge >= 0.3 is 5.69 Å². The van der Waals surface area contributed by atoms with Crippen LogP contribution in [0, 0.1) is 20.2 Å². The van der Waals surface area contributed by atoms with Crippen molar-refractivity contribution in [3.8, 4) is 11.5 Å². The summed E-state index contributed by atoms with van der Waals surface area (Å²) >= 11 is 0. The third-order valence-corrected chi connectivity index (χ3v) is 3.21. The zero-order valence-electron chi connectivity index (χ0n) is 13.3. The third kappa shape index (κ3) is 3.99. The summed E-state index contributed by atoms with van der Waals surface area (Å²) in [6, 6.07) is 8.40. The highest BCUT2D eigenvalue weighted by molar-refractivity contribution is 5.85. The van der Waals surface area contributed by atoms with Gasteiger partial charge in [-0.3, -0.25) is 25.7 Å². The molecule has 0 fully saturated rings. The summed E-state index contributed by atoms with van der Waals surface area (Å²) in [7, 11) is 2.97. The molecule has 25 heavy (non-hydrogen) atoms. The van der Waals surface area contributed by atoms with Gasteiger partial charge in [0.15, 0.2) is 11.5 Å². The second-order valence-corrected chi connectivity index (χ2v) is 4.67. The van der Waals surface area contributed by atoms with Crippen LogP contribution in [-0.4, -0.2) is 30.3 Å². The van der Waals surface area contributed by atoms with Crippen molar-refractivity contribution in [1.29, 1.82) is 0 Å². The third-order valence-electron chi connectivity index (χ3n) is 3.21. The lowest BCUT2D eigenvalue weighted by atomic mass is 10.2. The minimum absolute atomic E-state index is 0.0220. The van der Waals surface area contributed by atoms with Gasteiger partial charge in [0.25, 0.3) is 5.69 Å². The average Bonchev–Trinajstić information content (AvgIpc) is 2.61. The number of hydrogen-bond acceptors (Lipinski definition) is 8. The molecule has 10 heteroatoms. The Balaban J connectivity index is 2.28. The molecular formula is C15H14N4O6. The Labute approximate surface area is 142 Å². The molecule has 0 heterocycles. The molecule has 10 nitrogen and oxygen atoms in total. The van der Waals surface area contributed by atoms with Crippen LogP contribution in [0.5, 0.6) is 11.5 Å². The summed E-state index contributed by atoms with van der Waals surface area (Å²) in [6.45, 7) is 0. The van der Waals surface area contributed by atoms with Crippen molar-refractivity contribution in [1.82, 2.24) is 0 Å². The molecule has 0 radical (unpaired) electrons. The van der Waals surface area contributed by atoms with E-state index in [4.69, 9.17) is 9.47 Å². The summed E-state index contributed by atoms with van der Waals surface area (Å²) in [5, 5.41) is 25.7. The molecule has 0 saturated carbocycles. The van der Waals surface area contributed by atoms with E-state index in [1.807, 2.05) is 0 Å². The van der Waals surface area contributed by atoms with Crippen LogP contribution in [0.3, 0.4) is 0 Å². The lowest BCUT2D eigenvalue weighted by Gasteiger charge is -2.09. The first-order valence-electron chi connectivity index (χ1n) is 6.90. The summed E-state index contributed by atoms with van der Waals surface area (Å²) in [4.78, 5) is 20.4. The fourth-order valence-electron chi connectivity index (χ4n) is 2.06. The maximum atomic E-state index is 11.1. The SMILES string of the molecule is COc1cccc(/C=N\Nc2ccc([N+](=O)[O-])cc2[N+](=O)[O-])c1OC. The van der Waals surface area contributed by atoms with E-state index in [0.717, 1.165) is 12.1 Å². The maximum absolute atomic E-state index is 11.1. The van der Waals surface area contributed by atoms with Gasteiger partial charge in [0.2, 0.25) is 0 Å². The first-order chi connectivity index (χ1) is 12.0. The largest absolute Gasteiger partial charge is 0.493 e. The van der Waals surface area contributed by atoms with E-state index in [-0.39, 0.29) is 11.4 Å². The summed E-state index contributed by atoms with van der Waals surface area (Å²) < 4.78 is 10.4. The number of anilines is 1. The van der Waals surface area contributed by atoms with Crippen LogP contribution < -0.4 is 14.9 Å². The molecule has 2 aromatic rings. The quantitative estimate of drug-likeness (QED) is 0.463. The average molecular weight is 346 g/mol. The highest BCUT2D eigenvalue weighted by Gasteiger charge is 2.19. The number of methoxy groups -OCH3 is 2. The van der Waals surface area contributed by atoms with E-state index in [2.05, 4.69) is 10.5 Å². The number of nitro groups is 2. The van der Waals surface area contributed by atoms with Gasteiger partial charge in [-0.15, -0.1) is 0 Å². The van der Waals surface area contributed by atoms with Crippen LogP contribution in [0.1, 0.15) is 5.56 Å². The van der Waals surface area contributed by atoms with Crippen LogP contribution >= 0.6 is 0 Å². The number of benzene rings is 2. The Hall–Kier alpha value is -3.69. The summed E-state index contributed by atoms with van der Waals surface area (Å²) in [6.07, 6.45) is 1.40. The van der Waals surface area contributed by atoms with Crippen LogP contribution in [0.25, 0.3) is 0 Å². The van der Waals surface area contributed by atoms with Gasteiger partial charge in [-0.05, 0) is 18.2 Å². The van der Waals surface area contributed by atoms with E-state index in [9.17, 15) is 20.2 Å². The number of ether oxygens (including phenoxy) is 2. The number of non-ortho nitro benzene ring substituents is 1. The van der Waals surface area contributed by atoms with Crippen LogP contribution in [0.2, 0.25) is 0 Å². The normalized spacial score (nSPS) is 10.5. The molecule has 0 aliphatic carbocycles. The minimum Gasteiger partial charge on any atom is -0.493 e. The highest BCUT2D eigenvalue weighted by Crippen LogP contribution is 2.30. The summed E-state index contributed by atoms with van der Waals surface area (Å²) in [5.41, 5.74) is 2.28. The Morgan fingerprint density at radius 1 is 1.08 bits per heavy atom. The lowest BCUT2D eigenvalue weighted by molar-refractivity contribution is -0.393. The second kappa shape index (κ2) is 7.73.